The molecule has 0 atom stereocenters. The van der Waals surface area contributed by atoms with Gasteiger partial charge >= 0.3 is 0 Å². The molecule has 1 saturated heterocycles. The molecule has 0 radical (unpaired) electrons. The average Bonchev–Trinajstić information content (AvgIpc) is 2.62. The van der Waals surface area contributed by atoms with Gasteiger partial charge in [0.2, 0.25) is 10.0 Å². The van der Waals surface area contributed by atoms with Crippen molar-refractivity contribution in [1.82, 2.24) is 4.31 Å². The van der Waals surface area contributed by atoms with Crippen LogP contribution in [0.25, 0.3) is 0 Å². The Morgan fingerprint density at radius 3 is 2.38 bits per heavy atom. The van der Waals surface area contributed by atoms with Gasteiger partial charge in [0.15, 0.2) is 0 Å². The molecule has 26 heavy (non-hydrogen) atoms. The molecule has 1 heterocycles. The van der Waals surface area contributed by atoms with Gasteiger partial charge in [-0.15, -0.1) is 0 Å². The van der Waals surface area contributed by atoms with Crippen molar-refractivity contribution in [3.05, 3.63) is 63.2 Å². The first-order valence-electron chi connectivity index (χ1n) is 8.05. The lowest BCUT2D eigenvalue weighted by molar-refractivity contribution is -0.385. The quantitative estimate of drug-likeness (QED) is 0.586. The summed E-state index contributed by atoms with van der Waals surface area (Å²) in [6.07, 6.45) is 0. The van der Waals surface area contributed by atoms with Gasteiger partial charge in [0, 0.05) is 48.5 Å². The van der Waals surface area contributed by atoms with Gasteiger partial charge in [-0.05, 0) is 31.2 Å². The third kappa shape index (κ3) is 3.67. The smallest absolute Gasteiger partial charge is 0.273 e. The van der Waals surface area contributed by atoms with Gasteiger partial charge in [-0.3, -0.25) is 10.1 Å². The molecule has 1 fully saturated rings. The number of hydrogen-bond acceptors (Lipinski definition) is 5. The van der Waals surface area contributed by atoms with Crippen molar-refractivity contribution in [3.63, 3.8) is 0 Å². The number of sulfonamides is 1. The zero-order chi connectivity index (χ0) is 18.9. The lowest BCUT2D eigenvalue weighted by Gasteiger charge is -2.35. The molecular weight excluding hydrogens is 378 g/mol. The minimum Gasteiger partial charge on any atom is -0.369 e. The van der Waals surface area contributed by atoms with Crippen molar-refractivity contribution in [2.24, 2.45) is 0 Å². The highest BCUT2D eigenvalue weighted by molar-refractivity contribution is 7.89. The summed E-state index contributed by atoms with van der Waals surface area (Å²) in [5.74, 6) is 0. The van der Waals surface area contributed by atoms with Crippen LogP contribution >= 0.6 is 11.6 Å². The Labute approximate surface area is 157 Å². The van der Waals surface area contributed by atoms with Gasteiger partial charge in [0.25, 0.3) is 5.69 Å². The predicted molar refractivity (Wildman–Crippen MR) is 100 cm³/mol. The second-order valence-corrected chi connectivity index (χ2v) is 8.45. The third-order valence-electron chi connectivity index (χ3n) is 4.43. The molecule has 1 aliphatic heterocycles. The van der Waals surface area contributed by atoms with E-state index in [1.807, 2.05) is 18.2 Å². The molecule has 0 spiro atoms. The van der Waals surface area contributed by atoms with Crippen molar-refractivity contribution in [1.29, 1.82) is 0 Å². The number of rotatable bonds is 4. The highest BCUT2D eigenvalue weighted by Gasteiger charge is 2.30. The van der Waals surface area contributed by atoms with Gasteiger partial charge in [-0.25, -0.2) is 8.42 Å². The molecule has 0 N–H and O–H groups in total. The van der Waals surface area contributed by atoms with E-state index < -0.39 is 14.9 Å². The van der Waals surface area contributed by atoms with E-state index in [-0.39, 0.29) is 10.6 Å². The highest BCUT2D eigenvalue weighted by Crippen LogP contribution is 2.26. The molecule has 9 heteroatoms. The van der Waals surface area contributed by atoms with Gasteiger partial charge in [0.05, 0.1) is 9.82 Å². The average molecular weight is 396 g/mol. The summed E-state index contributed by atoms with van der Waals surface area (Å²) in [6, 6.07) is 11.4. The fourth-order valence-corrected chi connectivity index (χ4v) is 4.58. The van der Waals surface area contributed by atoms with Crippen LogP contribution in [0.3, 0.4) is 0 Å². The predicted octanol–water partition coefficient (Wildman–Crippen LogP) is 3.07. The molecule has 138 valence electrons. The summed E-state index contributed by atoms with van der Waals surface area (Å²) in [5, 5.41) is 11.7. The van der Waals surface area contributed by atoms with Gasteiger partial charge in [-0.2, -0.15) is 4.31 Å². The van der Waals surface area contributed by atoms with E-state index in [0.29, 0.717) is 36.8 Å². The van der Waals surface area contributed by atoms with E-state index in [9.17, 15) is 18.5 Å². The Morgan fingerprint density at radius 1 is 1.08 bits per heavy atom. The summed E-state index contributed by atoms with van der Waals surface area (Å²) in [7, 11) is -3.77. The summed E-state index contributed by atoms with van der Waals surface area (Å²) >= 11 is 6.01. The first-order chi connectivity index (χ1) is 12.3. The number of hydrogen-bond donors (Lipinski definition) is 0. The summed E-state index contributed by atoms with van der Waals surface area (Å²) in [5.41, 5.74) is 1.18. The molecule has 1 aliphatic rings. The Hall–Kier alpha value is -2.16. The van der Waals surface area contributed by atoms with Gasteiger partial charge in [-0.1, -0.05) is 23.7 Å². The first-order valence-corrected chi connectivity index (χ1v) is 9.86. The van der Waals surface area contributed by atoms with Crippen LogP contribution < -0.4 is 4.90 Å². The second-order valence-electron chi connectivity index (χ2n) is 6.08. The van der Waals surface area contributed by atoms with E-state index in [0.717, 1.165) is 11.8 Å². The fourth-order valence-electron chi connectivity index (χ4n) is 2.95. The summed E-state index contributed by atoms with van der Waals surface area (Å²) in [4.78, 5) is 12.5. The lowest BCUT2D eigenvalue weighted by Crippen LogP contribution is -2.48. The van der Waals surface area contributed by atoms with Crippen LogP contribution in [0.4, 0.5) is 11.4 Å². The van der Waals surface area contributed by atoms with Crippen LogP contribution in [0, 0.1) is 17.0 Å². The van der Waals surface area contributed by atoms with Crippen molar-refractivity contribution in [3.8, 4) is 0 Å². The number of halogens is 1. The molecule has 3 rings (SSSR count). The van der Waals surface area contributed by atoms with E-state index >= 15 is 0 Å². The van der Waals surface area contributed by atoms with Crippen LogP contribution in [-0.2, 0) is 10.0 Å². The number of nitrogens with zero attached hydrogens (tertiary/aromatic N) is 3. The van der Waals surface area contributed by atoms with Crippen LogP contribution in [0.1, 0.15) is 5.56 Å². The molecule has 0 bridgehead atoms. The minimum atomic E-state index is -3.77. The standard InChI is InChI=1S/C17H18ClN3O4S/c1-13-5-6-16(12-17(13)21(22)23)26(24,25)20-9-7-19(8-10-20)15-4-2-3-14(18)11-15/h2-6,11-12H,7-10H2,1H3. The van der Waals surface area contributed by atoms with Crippen molar-refractivity contribution >= 4 is 33.0 Å². The van der Waals surface area contributed by atoms with E-state index in [1.54, 1.807) is 13.0 Å². The number of nitro groups is 1. The first kappa shape index (κ1) is 18.6. The maximum atomic E-state index is 12.8. The number of benzene rings is 2. The Balaban J connectivity index is 1.78. The van der Waals surface area contributed by atoms with Gasteiger partial charge < -0.3 is 4.90 Å². The van der Waals surface area contributed by atoms with E-state index in [4.69, 9.17) is 11.6 Å². The van der Waals surface area contributed by atoms with Crippen LogP contribution in [0.2, 0.25) is 5.02 Å². The molecule has 0 aromatic heterocycles. The van der Waals surface area contributed by atoms with Crippen molar-refractivity contribution < 1.29 is 13.3 Å². The zero-order valence-corrected chi connectivity index (χ0v) is 15.7. The minimum absolute atomic E-state index is 0.0500. The number of anilines is 1. The molecule has 2 aromatic rings. The van der Waals surface area contributed by atoms with E-state index in [2.05, 4.69) is 4.90 Å². The molecule has 2 aromatic carbocycles. The van der Waals surface area contributed by atoms with Crippen molar-refractivity contribution in [2.45, 2.75) is 11.8 Å². The molecule has 7 nitrogen and oxygen atoms in total. The number of nitro benzene ring substituents is 1. The van der Waals surface area contributed by atoms with Crippen LogP contribution in [0.15, 0.2) is 47.4 Å². The maximum Gasteiger partial charge on any atom is 0.273 e. The zero-order valence-electron chi connectivity index (χ0n) is 14.1. The molecule has 0 aliphatic carbocycles. The Kier molecular flexibility index (Phi) is 5.17. The van der Waals surface area contributed by atoms with Crippen molar-refractivity contribution in [2.75, 3.05) is 31.1 Å². The van der Waals surface area contributed by atoms with Crippen LogP contribution in [-0.4, -0.2) is 43.8 Å². The molecular formula is C17H18ClN3O4S. The van der Waals surface area contributed by atoms with Crippen LogP contribution in [0.5, 0.6) is 0 Å². The maximum absolute atomic E-state index is 12.8. The largest absolute Gasteiger partial charge is 0.369 e. The van der Waals surface area contributed by atoms with E-state index in [1.165, 1.54) is 16.4 Å². The number of aryl methyl sites for hydroxylation is 1. The fraction of sp³-hybridized carbons (Fsp3) is 0.294. The second kappa shape index (κ2) is 7.22. The summed E-state index contributed by atoms with van der Waals surface area (Å²) < 4.78 is 27.0. The molecule has 0 amide bonds. The highest BCUT2D eigenvalue weighted by atomic mass is 35.5. The Morgan fingerprint density at radius 2 is 1.77 bits per heavy atom. The SMILES string of the molecule is Cc1ccc(S(=O)(=O)N2CCN(c3cccc(Cl)c3)CC2)cc1[N+](=O)[O-]. The summed E-state index contributed by atoms with van der Waals surface area (Å²) in [6.45, 7) is 3.23. The van der Waals surface area contributed by atoms with Gasteiger partial charge in [0.1, 0.15) is 0 Å². The lowest BCUT2D eigenvalue weighted by atomic mass is 10.2. The Bertz CT molecular complexity index is 941. The molecule has 0 saturated carbocycles. The monoisotopic (exact) mass is 395 g/mol. The normalized spacial score (nSPS) is 15.8. The number of piperazine rings is 1. The molecule has 0 unspecified atom stereocenters. The third-order valence-corrected chi connectivity index (χ3v) is 6.56. The topological polar surface area (TPSA) is 83.8 Å².